The van der Waals surface area contributed by atoms with Gasteiger partial charge in [-0.2, -0.15) is 9.78 Å². The van der Waals surface area contributed by atoms with Gasteiger partial charge in [-0.25, -0.2) is 0 Å². The Bertz CT molecular complexity index is 1600. The zero-order valence-electron chi connectivity index (χ0n) is 19.2. The highest BCUT2D eigenvalue weighted by Crippen LogP contribution is 2.28. The Morgan fingerprint density at radius 1 is 1.00 bits per heavy atom. The Hall–Kier alpha value is -4.39. The molecule has 34 heavy (non-hydrogen) atoms. The monoisotopic (exact) mass is 452 g/mol. The number of rotatable bonds is 5. The molecule has 170 valence electrons. The number of benzene rings is 3. The van der Waals surface area contributed by atoms with E-state index >= 15 is 0 Å². The molecule has 2 heterocycles. The molecule has 7 heteroatoms. The molecule has 5 aromatic rings. The number of carbonyl (C=O) groups is 1. The highest BCUT2D eigenvalue weighted by atomic mass is 16.5. The Balaban J connectivity index is 1.70. The first-order valence-electron chi connectivity index (χ1n) is 11.0. The predicted octanol–water partition coefficient (Wildman–Crippen LogP) is 4.12. The standard InChI is InChI=1S/C27H24N4O3/c1-17-12-14-19(15-13-17)31-27(33)25-23(20-9-5-6-10-21(20)30(25)2)24(29-31)26(32)28-16-18-8-4-7-11-22(18)34-3/h4-15H,16H2,1-3H3,(H,28,32). The third-order valence-electron chi connectivity index (χ3n) is 6.06. The number of nitrogens with zero attached hydrogens (tertiary/aromatic N) is 3. The van der Waals surface area contributed by atoms with Crippen LogP contribution in [0, 0.1) is 6.92 Å². The molecule has 0 bridgehead atoms. The summed E-state index contributed by atoms with van der Waals surface area (Å²) in [6, 6.07) is 22.6. The lowest BCUT2D eigenvalue weighted by molar-refractivity contribution is 0.0946. The largest absolute Gasteiger partial charge is 0.496 e. The summed E-state index contributed by atoms with van der Waals surface area (Å²) in [5.41, 5.74) is 3.72. The summed E-state index contributed by atoms with van der Waals surface area (Å²) in [7, 11) is 3.43. The van der Waals surface area contributed by atoms with Crippen LogP contribution in [0.4, 0.5) is 0 Å². The molecule has 0 radical (unpaired) electrons. The fourth-order valence-electron chi connectivity index (χ4n) is 4.31. The summed E-state index contributed by atoms with van der Waals surface area (Å²) >= 11 is 0. The number of ether oxygens (including phenoxy) is 1. The van der Waals surface area contributed by atoms with E-state index in [0.29, 0.717) is 22.3 Å². The Labute approximate surface area is 196 Å². The van der Waals surface area contributed by atoms with Crippen LogP contribution in [0.3, 0.4) is 0 Å². The van der Waals surface area contributed by atoms with E-state index in [1.165, 1.54) is 4.68 Å². The lowest BCUT2D eigenvalue weighted by atomic mass is 10.1. The molecule has 0 saturated carbocycles. The van der Waals surface area contributed by atoms with Crippen LogP contribution in [0.25, 0.3) is 27.5 Å². The first kappa shape index (κ1) is 21.5. The number of para-hydroxylation sites is 2. The molecule has 0 atom stereocenters. The maximum atomic E-state index is 13.6. The van der Waals surface area contributed by atoms with Crippen LogP contribution in [0.2, 0.25) is 0 Å². The summed E-state index contributed by atoms with van der Waals surface area (Å²) in [6.07, 6.45) is 0. The molecule has 0 saturated heterocycles. The minimum Gasteiger partial charge on any atom is -0.496 e. The van der Waals surface area contributed by atoms with Gasteiger partial charge in [0.15, 0.2) is 5.69 Å². The van der Waals surface area contributed by atoms with Gasteiger partial charge in [0, 0.05) is 35.4 Å². The first-order chi connectivity index (χ1) is 16.5. The number of fused-ring (bicyclic) bond motifs is 3. The molecule has 1 N–H and O–H groups in total. The molecule has 2 aromatic heterocycles. The number of hydrogen-bond acceptors (Lipinski definition) is 4. The molecule has 7 nitrogen and oxygen atoms in total. The Morgan fingerprint density at radius 3 is 2.47 bits per heavy atom. The van der Waals surface area contributed by atoms with Crippen molar-refractivity contribution in [2.75, 3.05) is 7.11 Å². The number of methoxy groups -OCH3 is 1. The highest BCUT2D eigenvalue weighted by molar-refractivity contribution is 6.16. The van der Waals surface area contributed by atoms with Gasteiger partial charge in [-0.15, -0.1) is 0 Å². The van der Waals surface area contributed by atoms with Gasteiger partial charge in [0.1, 0.15) is 11.3 Å². The fraction of sp³-hybridized carbons (Fsp3) is 0.148. The minimum atomic E-state index is -0.367. The lowest BCUT2D eigenvalue weighted by Gasteiger charge is -2.12. The van der Waals surface area contributed by atoms with Crippen LogP contribution < -0.4 is 15.6 Å². The molecule has 0 aliphatic heterocycles. The fourth-order valence-corrected chi connectivity index (χ4v) is 4.31. The second-order valence-corrected chi connectivity index (χ2v) is 8.20. The second kappa shape index (κ2) is 8.51. The van der Waals surface area contributed by atoms with Crippen molar-refractivity contribution in [1.29, 1.82) is 0 Å². The van der Waals surface area contributed by atoms with Crippen LogP contribution >= 0.6 is 0 Å². The van der Waals surface area contributed by atoms with Crippen LogP contribution in [0.1, 0.15) is 21.6 Å². The van der Waals surface area contributed by atoms with Gasteiger partial charge >= 0.3 is 0 Å². The lowest BCUT2D eigenvalue weighted by Crippen LogP contribution is -2.30. The highest BCUT2D eigenvalue weighted by Gasteiger charge is 2.23. The van der Waals surface area contributed by atoms with Gasteiger partial charge in [-0.05, 0) is 31.2 Å². The summed E-state index contributed by atoms with van der Waals surface area (Å²) in [5, 5.41) is 8.88. The summed E-state index contributed by atoms with van der Waals surface area (Å²) in [5.74, 6) is 0.323. The van der Waals surface area contributed by atoms with Crippen molar-refractivity contribution < 1.29 is 9.53 Å². The van der Waals surface area contributed by atoms with Crippen molar-refractivity contribution in [2.45, 2.75) is 13.5 Å². The minimum absolute atomic E-state index is 0.196. The van der Waals surface area contributed by atoms with Crippen molar-refractivity contribution in [3.05, 3.63) is 100.0 Å². The molecule has 5 rings (SSSR count). The van der Waals surface area contributed by atoms with Gasteiger partial charge in [0.25, 0.3) is 11.5 Å². The molecule has 1 amide bonds. The van der Waals surface area contributed by atoms with Crippen LogP contribution in [-0.2, 0) is 13.6 Å². The smallest absolute Gasteiger partial charge is 0.296 e. The van der Waals surface area contributed by atoms with Crippen LogP contribution in [-0.4, -0.2) is 27.4 Å². The summed E-state index contributed by atoms with van der Waals surface area (Å²) in [6.45, 7) is 2.24. The zero-order chi connectivity index (χ0) is 23.8. The SMILES string of the molecule is COc1ccccc1CNC(=O)c1nn(-c2ccc(C)cc2)c(=O)c2c1c1ccccc1n2C. The Kier molecular flexibility index (Phi) is 5.37. The van der Waals surface area contributed by atoms with E-state index in [4.69, 9.17) is 4.74 Å². The molecule has 3 aromatic carbocycles. The molecular formula is C27H24N4O3. The third kappa shape index (κ3) is 3.51. The van der Waals surface area contributed by atoms with Gasteiger partial charge in [0.2, 0.25) is 0 Å². The number of carbonyl (C=O) groups excluding carboxylic acids is 1. The molecule has 0 aliphatic carbocycles. The van der Waals surface area contributed by atoms with Gasteiger partial charge in [-0.1, -0.05) is 54.1 Å². The van der Waals surface area contributed by atoms with E-state index in [1.807, 2.05) is 91.3 Å². The number of nitrogens with one attached hydrogen (secondary N) is 1. The van der Waals surface area contributed by atoms with E-state index < -0.39 is 0 Å². The molecule has 0 unspecified atom stereocenters. The average Bonchev–Trinajstić information content (AvgIpc) is 3.17. The molecular weight excluding hydrogens is 428 g/mol. The number of aromatic nitrogens is 3. The predicted molar refractivity (Wildman–Crippen MR) is 133 cm³/mol. The number of aryl methyl sites for hydroxylation is 2. The maximum Gasteiger partial charge on any atom is 0.296 e. The van der Waals surface area contributed by atoms with E-state index in [2.05, 4.69) is 10.4 Å². The van der Waals surface area contributed by atoms with Crippen LogP contribution in [0.5, 0.6) is 5.75 Å². The van der Waals surface area contributed by atoms with Crippen molar-refractivity contribution in [2.24, 2.45) is 7.05 Å². The molecule has 0 fully saturated rings. The van der Waals surface area contributed by atoms with E-state index in [9.17, 15) is 9.59 Å². The molecule has 0 spiro atoms. The topological polar surface area (TPSA) is 78.2 Å². The first-order valence-corrected chi connectivity index (χ1v) is 11.0. The van der Waals surface area contributed by atoms with Gasteiger partial charge < -0.3 is 14.6 Å². The van der Waals surface area contributed by atoms with E-state index in [0.717, 1.165) is 22.0 Å². The summed E-state index contributed by atoms with van der Waals surface area (Å²) in [4.78, 5) is 27.1. The normalized spacial score (nSPS) is 11.1. The quantitative estimate of drug-likeness (QED) is 0.435. The summed E-state index contributed by atoms with van der Waals surface area (Å²) < 4.78 is 8.54. The van der Waals surface area contributed by atoms with Crippen molar-refractivity contribution in [1.82, 2.24) is 19.7 Å². The molecule has 0 aliphatic rings. The van der Waals surface area contributed by atoms with Crippen molar-refractivity contribution >= 4 is 27.7 Å². The zero-order valence-corrected chi connectivity index (χ0v) is 19.2. The van der Waals surface area contributed by atoms with Crippen molar-refractivity contribution in [3.63, 3.8) is 0 Å². The van der Waals surface area contributed by atoms with E-state index in [-0.39, 0.29) is 23.7 Å². The van der Waals surface area contributed by atoms with Crippen molar-refractivity contribution in [3.8, 4) is 11.4 Å². The van der Waals surface area contributed by atoms with Gasteiger partial charge in [0.05, 0.1) is 12.8 Å². The average molecular weight is 453 g/mol. The van der Waals surface area contributed by atoms with E-state index in [1.54, 1.807) is 7.11 Å². The Morgan fingerprint density at radius 2 is 1.71 bits per heavy atom. The second-order valence-electron chi connectivity index (χ2n) is 8.20. The maximum absolute atomic E-state index is 13.6. The van der Waals surface area contributed by atoms with Crippen LogP contribution in [0.15, 0.2) is 77.6 Å². The third-order valence-corrected chi connectivity index (χ3v) is 6.06. The number of amides is 1. The van der Waals surface area contributed by atoms with Gasteiger partial charge in [-0.3, -0.25) is 9.59 Å². The number of hydrogen-bond donors (Lipinski definition) is 1.